The van der Waals surface area contributed by atoms with Gasteiger partial charge in [0.2, 0.25) is 0 Å². The molecule has 0 saturated carbocycles. The Balaban J connectivity index is 0.974. The topological polar surface area (TPSA) is 17.4 Å². The number of anilines is 2. The molecule has 0 spiro atoms. The van der Waals surface area contributed by atoms with Gasteiger partial charge in [0, 0.05) is 38.9 Å². The van der Waals surface area contributed by atoms with Crippen molar-refractivity contribution in [3.63, 3.8) is 0 Å². The Morgan fingerprint density at radius 1 is 0.352 bits per heavy atom. The Labute approximate surface area is 415 Å². The fourth-order valence-corrected chi connectivity index (χ4v) is 17.0. The van der Waals surface area contributed by atoms with E-state index >= 15 is 0 Å². The number of aromatic nitrogens is 1. The molecule has 0 bridgehead atoms. The maximum absolute atomic E-state index is 7.28. The molecule has 0 atom stereocenters. The number of fused-ring (bicyclic) bond motifs is 7. The lowest BCUT2D eigenvalue weighted by atomic mass is 9.44. The third-order valence-corrected chi connectivity index (χ3v) is 19.8. The van der Waals surface area contributed by atoms with Crippen molar-refractivity contribution in [1.82, 2.24) is 4.57 Å². The van der Waals surface area contributed by atoms with E-state index in [9.17, 15) is 0 Å². The first kappa shape index (κ1) is 41.1. The molecule has 12 aromatic rings. The molecule has 0 aliphatic carbocycles. The van der Waals surface area contributed by atoms with E-state index in [0.717, 1.165) is 45.0 Å². The summed E-state index contributed by atoms with van der Waals surface area (Å²) in [6, 6.07) is 101. The van der Waals surface area contributed by atoms with Crippen molar-refractivity contribution in [2.45, 2.75) is 0 Å². The summed E-state index contributed by atoms with van der Waals surface area (Å²) in [6.45, 7) is -0.175. The summed E-state index contributed by atoms with van der Waals surface area (Å²) in [4.78, 5) is 2.54. The van der Waals surface area contributed by atoms with Crippen LogP contribution in [0.2, 0.25) is 0 Å². The van der Waals surface area contributed by atoms with Crippen LogP contribution in [0.15, 0.2) is 273 Å². The molecule has 0 radical (unpaired) electrons. The first-order chi connectivity index (χ1) is 35.2. The highest BCUT2D eigenvalue weighted by Crippen LogP contribution is 2.46. The summed E-state index contributed by atoms with van der Waals surface area (Å²) in [6.07, 6.45) is 0. The summed E-state index contributed by atoms with van der Waals surface area (Å²) in [5, 5.41) is 7.89. The summed E-state index contributed by atoms with van der Waals surface area (Å²) < 4.78 is 9.67. The van der Waals surface area contributed by atoms with Crippen LogP contribution in [0.4, 0.5) is 11.4 Å². The summed E-state index contributed by atoms with van der Waals surface area (Å²) in [5.41, 5.74) is 15.1. The van der Waals surface area contributed by atoms with Crippen molar-refractivity contribution in [2.75, 3.05) is 4.81 Å². The maximum Gasteiger partial charge on any atom is 0.336 e. The van der Waals surface area contributed by atoms with Gasteiger partial charge in [0.1, 0.15) is 11.5 Å². The molecular formula is C66H45BN2OSi. The van der Waals surface area contributed by atoms with E-state index in [0.29, 0.717) is 0 Å². The van der Waals surface area contributed by atoms with Gasteiger partial charge in [0.25, 0.3) is 0 Å². The first-order valence-electron chi connectivity index (χ1n) is 24.5. The summed E-state index contributed by atoms with van der Waals surface area (Å²) >= 11 is 0. The molecule has 71 heavy (non-hydrogen) atoms. The van der Waals surface area contributed by atoms with Crippen LogP contribution in [0.3, 0.4) is 0 Å². The van der Waals surface area contributed by atoms with Gasteiger partial charge in [-0.15, -0.1) is 0 Å². The quantitative estimate of drug-likeness (QED) is 0.112. The molecule has 3 nitrogen and oxygen atoms in total. The van der Waals surface area contributed by atoms with Crippen LogP contribution >= 0.6 is 0 Å². The molecule has 0 fully saturated rings. The van der Waals surface area contributed by atoms with E-state index in [-0.39, 0.29) is 6.85 Å². The molecule has 332 valence electrons. The minimum Gasteiger partial charge on any atom is -0.458 e. The highest BCUT2D eigenvalue weighted by Gasteiger charge is 2.46. The van der Waals surface area contributed by atoms with Gasteiger partial charge in [-0.25, -0.2) is 0 Å². The van der Waals surface area contributed by atoms with Gasteiger partial charge in [-0.1, -0.05) is 212 Å². The predicted molar refractivity (Wildman–Crippen MR) is 301 cm³/mol. The molecule has 0 saturated heterocycles. The molecule has 2 aliphatic rings. The highest BCUT2D eigenvalue weighted by molar-refractivity contribution is 7.20. The zero-order chi connectivity index (χ0) is 46.9. The van der Waals surface area contributed by atoms with Crippen molar-refractivity contribution >= 4 is 79.8 Å². The SMILES string of the molecule is c1ccc(N2B3c4cc(-c5ccccc5[Si](c5ccccc5)(c5ccccc5)c5ccccc5)ccc4Oc4cc(-c5cccc(-n6c7ccccc7c7ccccc76)c5)cc(c43)-c3ccccc32)cc1. The zero-order valence-electron chi connectivity index (χ0n) is 38.9. The van der Waals surface area contributed by atoms with E-state index in [1.54, 1.807) is 0 Å². The minimum atomic E-state index is -2.89. The van der Waals surface area contributed by atoms with Gasteiger partial charge in [0.15, 0.2) is 8.07 Å². The standard InChI is InChI=1S/C66H45BN2OSi/c1-5-23-49(24-6-1)69-62-38-19-15-35-57(62)58-43-48(46-22-21-25-50(42-46)68-60-36-17-13-33-55(60)56-34-14-18-37-61(56)68)45-64-66(58)67(69)59-44-47(40-41-63(59)70-64)54-32-16-20-39-65(54)71(51-26-7-2-8-27-51,52-28-9-3-10-29-52)53-30-11-4-12-31-53/h1-45H. The van der Waals surface area contributed by atoms with Gasteiger partial charge in [0.05, 0.1) is 11.0 Å². The van der Waals surface area contributed by atoms with Crippen LogP contribution in [0.5, 0.6) is 11.5 Å². The first-order valence-corrected chi connectivity index (χ1v) is 26.5. The average molecular weight is 921 g/mol. The van der Waals surface area contributed by atoms with Crippen LogP contribution in [0.1, 0.15) is 0 Å². The van der Waals surface area contributed by atoms with E-state index in [1.807, 2.05) is 0 Å². The van der Waals surface area contributed by atoms with Crippen molar-refractivity contribution < 1.29 is 4.74 Å². The number of benzene rings is 11. The Hall–Kier alpha value is -8.90. The van der Waals surface area contributed by atoms with Crippen molar-refractivity contribution in [3.8, 4) is 50.6 Å². The number of rotatable bonds is 8. The van der Waals surface area contributed by atoms with Gasteiger partial charge < -0.3 is 14.1 Å². The molecule has 2 aliphatic heterocycles. The largest absolute Gasteiger partial charge is 0.458 e. The van der Waals surface area contributed by atoms with Crippen LogP contribution in [-0.4, -0.2) is 19.5 Å². The van der Waals surface area contributed by atoms with Crippen LogP contribution in [0, 0.1) is 0 Å². The van der Waals surface area contributed by atoms with Crippen molar-refractivity contribution in [1.29, 1.82) is 0 Å². The normalized spacial score (nSPS) is 12.6. The van der Waals surface area contributed by atoms with Crippen LogP contribution < -0.4 is 41.2 Å². The third-order valence-electron chi connectivity index (χ3n) is 15.0. The van der Waals surface area contributed by atoms with Crippen LogP contribution in [0.25, 0.3) is 60.9 Å². The molecule has 3 heterocycles. The fraction of sp³-hybridized carbons (Fsp3) is 0. The Morgan fingerprint density at radius 2 is 0.901 bits per heavy atom. The van der Waals surface area contributed by atoms with Gasteiger partial charge in [-0.2, -0.15) is 0 Å². The maximum atomic E-state index is 7.28. The fourth-order valence-electron chi connectivity index (χ4n) is 12.0. The zero-order valence-corrected chi connectivity index (χ0v) is 39.9. The molecule has 11 aromatic carbocycles. The van der Waals surface area contributed by atoms with Gasteiger partial charge in [-0.3, -0.25) is 0 Å². The number of hydrogen-bond acceptors (Lipinski definition) is 2. The second-order valence-electron chi connectivity index (χ2n) is 18.7. The van der Waals surface area contributed by atoms with E-state index in [2.05, 4.69) is 282 Å². The lowest BCUT2D eigenvalue weighted by Gasteiger charge is -2.42. The monoisotopic (exact) mass is 920 g/mol. The molecule has 5 heteroatoms. The Kier molecular flexibility index (Phi) is 9.65. The lowest BCUT2D eigenvalue weighted by molar-refractivity contribution is 0.487. The Bertz CT molecular complexity index is 3840. The molecule has 1 aromatic heterocycles. The second-order valence-corrected chi connectivity index (χ2v) is 22.5. The lowest BCUT2D eigenvalue weighted by Crippen LogP contribution is -2.75. The van der Waals surface area contributed by atoms with E-state index < -0.39 is 8.07 Å². The van der Waals surface area contributed by atoms with Gasteiger partial charge >= 0.3 is 6.85 Å². The number of nitrogens with zero attached hydrogens (tertiary/aromatic N) is 2. The number of para-hydroxylation sites is 4. The number of ether oxygens (including phenoxy) is 1. The number of hydrogen-bond donors (Lipinski definition) is 0. The molecule has 0 N–H and O–H groups in total. The van der Waals surface area contributed by atoms with Crippen molar-refractivity contribution in [3.05, 3.63) is 273 Å². The molecule has 0 amide bonds. The average Bonchev–Trinajstić information content (AvgIpc) is 3.79. The smallest absolute Gasteiger partial charge is 0.336 e. The van der Waals surface area contributed by atoms with Gasteiger partial charge in [-0.05, 0) is 115 Å². The summed E-state index contributed by atoms with van der Waals surface area (Å²) in [7, 11) is -2.89. The molecule has 14 rings (SSSR count). The predicted octanol–water partition coefficient (Wildman–Crippen LogP) is 12.5. The Morgan fingerprint density at radius 3 is 1.56 bits per heavy atom. The van der Waals surface area contributed by atoms with Crippen LogP contribution in [-0.2, 0) is 0 Å². The minimum absolute atomic E-state index is 0.175. The molecular weight excluding hydrogens is 876 g/mol. The third kappa shape index (κ3) is 6.44. The molecule has 0 unspecified atom stereocenters. The van der Waals surface area contributed by atoms with E-state index in [4.69, 9.17) is 4.74 Å². The van der Waals surface area contributed by atoms with E-state index in [1.165, 1.54) is 70.4 Å². The second kappa shape index (κ2) is 16.7. The van der Waals surface area contributed by atoms with Crippen molar-refractivity contribution in [2.24, 2.45) is 0 Å². The summed E-state index contributed by atoms with van der Waals surface area (Å²) in [5.74, 6) is 1.74. The highest BCUT2D eigenvalue weighted by atomic mass is 28.3.